The molecule has 9 aromatic rings. The molecule has 6 aliphatic heterocycles. The number of aliphatic hydroxyl groups is 1. The van der Waals surface area contributed by atoms with Crippen LogP contribution < -0.4 is 68.0 Å². The topological polar surface area (TPSA) is 838 Å². The minimum atomic E-state index is -5.98. The highest BCUT2D eigenvalue weighted by atomic mass is 32.7. The number of nitrogens with one attached hydrogen (secondary N) is 4. The Balaban J connectivity index is 0.732. The van der Waals surface area contributed by atoms with Crippen LogP contribution in [0.3, 0.4) is 0 Å². The van der Waals surface area contributed by atoms with Gasteiger partial charge in [0.1, 0.15) is 109 Å². The van der Waals surface area contributed by atoms with Crippen molar-refractivity contribution in [3.05, 3.63) is 127 Å². The Morgan fingerprint density at radius 3 is 1.12 bits per heavy atom. The number of thiol groups is 1. The van der Waals surface area contributed by atoms with Crippen LogP contribution in [0.2, 0.25) is 0 Å². The van der Waals surface area contributed by atoms with Crippen LogP contribution in [0, 0.1) is 20.8 Å². The summed E-state index contributed by atoms with van der Waals surface area (Å²) in [7, 11) is -5.19. The number of aromatic amines is 4. The second-order valence-corrected chi connectivity index (χ2v) is 45.0. The number of fused-ring (bicyclic) bond motifs is 3. The molecule has 6 aliphatic rings. The van der Waals surface area contributed by atoms with E-state index in [4.69, 9.17) is 173 Å². The van der Waals surface area contributed by atoms with Crippen molar-refractivity contribution in [3.8, 4) is 0 Å². The molecule has 818 valence electrons. The minimum Gasteiger partial charge on any atom is -0.387 e. The van der Waals surface area contributed by atoms with Gasteiger partial charge in [0.05, 0.1) is 130 Å². The van der Waals surface area contributed by atoms with E-state index in [1.54, 1.807) is 13.8 Å². The van der Waals surface area contributed by atoms with Crippen LogP contribution in [0.4, 0.5) is 29.5 Å². The number of imidazole rings is 3. The van der Waals surface area contributed by atoms with Crippen LogP contribution >= 0.6 is 48.1 Å². The maximum Gasteiger partial charge on any atom is 0.472 e. The fourth-order valence-corrected chi connectivity index (χ4v) is 23.2. The lowest BCUT2D eigenvalue weighted by atomic mass is 10.1. The molecule has 19 N–H and O–H groups in total. The van der Waals surface area contributed by atoms with E-state index >= 15 is 13.7 Å². The molecule has 15 rings (SSSR count). The van der Waals surface area contributed by atoms with Crippen molar-refractivity contribution in [1.82, 2.24) is 87.2 Å². The number of hydrogen-bond donors (Lipinski definition) is 15. The van der Waals surface area contributed by atoms with Gasteiger partial charge in [-0.15, -0.1) is 0 Å². The molecule has 0 saturated carbocycles. The minimum absolute atomic E-state index is 0.0263. The van der Waals surface area contributed by atoms with E-state index in [0.29, 0.717) is 5.56 Å². The largest absolute Gasteiger partial charge is 0.472 e. The van der Waals surface area contributed by atoms with Gasteiger partial charge in [-0.2, -0.15) is 24.9 Å². The second-order valence-electron chi connectivity index (χ2n) is 33.8. The van der Waals surface area contributed by atoms with Gasteiger partial charge in [0.15, 0.2) is 64.6 Å². The summed E-state index contributed by atoms with van der Waals surface area (Å²) in [6, 6.07) is 0. The summed E-state index contributed by atoms with van der Waals surface area (Å²) in [5.74, 6) is -1.57. The molecule has 64 nitrogen and oxygen atoms in total. The number of phosphoric acid groups is 2. The molecule has 0 aromatic carbocycles. The van der Waals surface area contributed by atoms with Crippen molar-refractivity contribution < 1.29 is 159 Å². The Kier molecular flexibility index (Phi) is 37.2. The number of H-pyrrole nitrogens is 4. The molecule has 11 unspecified atom stereocenters. The first kappa shape index (κ1) is 114. The van der Waals surface area contributed by atoms with Gasteiger partial charge in [-0.1, -0.05) is 19.2 Å². The molecule has 0 radical (unpaired) electrons. The Hall–Kier alpha value is -8.41. The normalized spacial score (nSPS) is 28.9. The Morgan fingerprint density at radius 2 is 0.730 bits per heavy atom. The predicted octanol–water partition coefficient (Wildman–Crippen LogP) is -2.33. The number of nitrogens with two attached hydrogens (primary N) is 5. The van der Waals surface area contributed by atoms with Crippen LogP contribution in [0.5, 0.6) is 0 Å². The zero-order valence-corrected chi connectivity index (χ0v) is 86.8. The number of anilines is 5. The number of methoxy groups -OCH3 is 5. The van der Waals surface area contributed by atoms with Crippen LogP contribution in [0.25, 0.3) is 33.5 Å². The van der Waals surface area contributed by atoms with Crippen LogP contribution in [-0.2, 0) is 158 Å². The molecule has 28 atom stereocenters. The number of aliphatic hydroxyl groups excluding tert-OH is 1. The number of rotatable bonds is 52. The highest BCUT2D eigenvalue weighted by Crippen LogP contribution is 2.60. The number of nitrogens with zero attached hydrogens (tertiary/aromatic N) is 14. The van der Waals surface area contributed by atoms with Gasteiger partial charge in [-0.25, -0.2) is 43.0 Å². The monoisotopic (exact) mass is 2250 g/mol. The van der Waals surface area contributed by atoms with Gasteiger partial charge in [0, 0.05) is 77.3 Å². The fourth-order valence-electron chi connectivity index (χ4n) is 16.9. The third-order valence-corrected chi connectivity index (χ3v) is 30.6. The van der Waals surface area contributed by atoms with Crippen molar-refractivity contribution in [2.24, 2.45) is 0 Å². The summed E-state index contributed by atoms with van der Waals surface area (Å²) < 4.78 is 210. The average molecular weight is 2250 g/mol. The van der Waals surface area contributed by atoms with Gasteiger partial charge >= 0.3 is 52.9 Å². The Morgan fingerprint density at radius 1 is 0.399 bits per heavy atom. The Labute approximate surface area is 849 Å². The number of ether oxygens (including phenoxy) is 16. The number of aromatic nitrogens is 18. The first-order chi connectivity index (χ1) is 70.3. The van der Waals surface area contributed by atoms with E-state index in [-0.39, 0.29) is 135 Å². The summed E-state index contributed by atoms with van der Waals surface area (Å²) in [6.07, 6.45) is -30.5. The maximum atomic E-state index is 15.7. The van der Waals surface area contributed by atoms with E-state index in [1.807, 2.05) is 0 Å². The molecule has 0 spiro atoms. The molecular weight excluding hydrogens is 2140 g/mol. The van der Waals surface area contributed by atoms with Gasteiger partial charge in [0.2, 0.25) is 17.8 Å². The van der Waals surface area contributed by atoms with E-state index in [2.05, 4.69) is 72.1 Å². The summed E-state index contributed by atoms with van der Waals surface area (Å²) in [6.45, 7) is -16.0. The van der Waals surface area contributed by atoms with Gasteiger partial charge in [0.25, 0.3) is 22.2 Å². The van der Waals surface area contributed by atoms with Crippen LogP contribution in [-0.4, -0.2) is 350 Å². The molecule has 72 heteroatoms. The first-order valence-corrected chi connectivity index (χ1v) is 55.8. The lowest BCUT2D eigenvalue weighted by molar-refractivity contribution is -0.0843. The smallest absolute Gasteiger partial charge is 0.387 e. The molecule has 15 heterocycles. The Bertz CT molecular complexity index is 6910. The van der Waals surface area contributed by atoms with E-state index in [0.717, 1.165) is 37.3 Å². The molecule has 0 amide bonds. The zero-order valence-electron chi connectivity index (χ0n) is 79.8. The van der Waals surface area contributed by atoms with Crippen molar-refractivity contribution in [2.75, 3.05) is 163 Å². The summed E-state index contributed by atoms with van der Waals surface area (Å²) in [4.78, 5) is 185. The quantitative estimate of drug-likeness (QED) is 0.0108. The van der Waals surface area contributed by atoms with E-state index in [1.165, 1.54) is 77.1 Å². The molecule has 148 heavy (non-hydrogen) atoms. The molecule has 9 aromatic heterocycles. The number of hydrogen-bond acceptors (Lipinski definition) is 52. The van der Waals surface area contributed by atoms with Crippen molar-refractivity contribution >= 4 is 135 Å². The standard InChI is InChI=1S/C76H110N23O41P5S3/c1-10-36-37(21-43(130-36)94-24-35(4)62(101)93-76(94)107)136-143(112,146)128-28-41-49(54(122-18-13-117-7)68(134-41)97-30-82-44-59(97)87-71(79)90-63(44)102)138-141(108,109)125-26-39-48(53(121-17-12-116-6)67(132-39)96-23-34(3)58(78)86-75(96)106)137-142(110,111)126-27-40-50(55(123-19-14-118-8)69(133-40)98-31-83-45-60(98)88-72(80)91-64(45)103)139-145(114,148)129-29-42-51(56(124-20-15-119-9)70(135-42)99-32-84-46-61(99)89-73(81)92-65(46)104)140-144(113,147)127-25-38-47(100)52(120-16-11-115-5)66(131-38)95-22-33(2)57(77)85-74(95)105/h22-24,30-32,36-43,47-56,66-70,100H,10-21,25-29H2,1-9H3,(H,108,109)(H,110,111)(H,112,146)(H,113,147)(H,114,148)(H2,77,85,105)(H2,78,86,106)(H,93,101,107)(H3,79,87,90,102)(H3,80,88,91,103)(H3,81,89,92,104)/t36-,37?,38-,39-,40-,41-,42-,43-,47?,48?,49?,50?,51?,52+,53+,54+,55+,56+,66-,67-,68-,69-,70-,143?,144?,145?/m1/s1. The lowest BCUT2D eigenvalue weighted by Gasteiger charge is -2.30. The second kappa shape index (κ2) is 48.5. The van der Waals surface area contributed by atoms with Gasteiger partial charge in [-0.05, 0) is 50.8 Å². The number of aryl methyl sites for hydroxylation is 3. The third-order valence-electron chi connectivity index (χ3n) is 23.9. The van der Waals surface area contributed by atoms with Crippen molar-refractivity contribution in [3.63, 3.8) is 0 Å². The van der Waals surface area contributed by atoms with Gasteiger partial charge < -0.3 is 143 Å². The molecule has 0 aliphatic carbocycles. The molecular formula is C76H110N23O41P5S3. The summed E-state index contributed by atoms with van der Waals surface area (Å²) >= 11 is 15.7. The SMILES string of the molecule is CC[C@H]1O[C@@H](n2cc(C)c(=O)[nH]c2=O)CC1OP(O)(=S)OC[C@H]1O[C@@H](n2cnc3c(=O)[nH]c(N)nc32)[C@@H](OCCOC)C1OP(=O)(O)OC[C@H]1O[C@@H](n2cc(C)c(N)nc2=O)[C@@H](OCCOC)C1OP(=O)(O)OC[C@H]1O[C@@H](n2cnc3c(=O)[nH]c(N)nc32)[C@@H](OCCOC)C1OP(=O)(S)OC[C@H]1O[C@@H](n2cnc3c(=O)[nH]c(N)nc32)[C@@H](OCCOC)C1OP(O)(=S)OC[C@H]1O[C@@H](n2cc(C)c(N)nc2=O)[C@@H](OCCOC)C1O. The molecule has 6 fully saturated rings. The highest BCUT2D eigenvalue weighted by Gasteiger charge is 2.59. The third kappa shape index (κ3) is 26.3. The van der Waals surface area contributed by atoms with E-state index < -0.39 is 268 Å². The molecule has 6 saturated heterocycles. The summed E-state index contributed by atoms with van der Waals surface area (Å²) in [5, 5.41) is 11.9. The maximum absolute atomic E-state index is 15.7. The van der Waals surface area contributed by atoms with E-state index in [9.17, 15) is 58.2 Å². The fraction of sp³-hybridized carbons (Fsp3) is 0.645. The first-order valence-electron chi connectivity index (χ1n) is 45.0. The molecule has 0 bridgehead atoms. The lowest BCUT2D eigenvalue weighted by Crippen LogP contribution is -2.41. The summed E-state index contributed by atoms with van der Waals surface area (Å²) in [5.41, 5.74) is 23.4. The van der Waals surface area contributed by atoms with Gasteiger partial charge in [-0.3, -0.25) is 98.2 Å². The zero-order chi connectivity index (χ0) is 107. The highest BCUT2D eigenvalue weighted by molar-refractivity contribution is 8.44. The average Bonchev–Trinajstić information content (AvgIpc) is 1.62. The van der Waals surface area contributed by atoms with Crippen LogP contribution in [0.15, 0.2) is 71.1 Å². The number of phosphoric ester groups is 2. The van der Waals surface area contributed by atoms with Crippen LogP contribution in [0.1, 0.15) is 73.8 Å². The predicted molar refractivity (Wildman–Crippen MR) is 515 cm³/mol. The number of nitrogen functional groups attached to an aromatic ring is 5. The van der Waals surface area contributed by atoms with Crippen molar-refractivity contribution in [1.29, 1.82) is 0 Å². The van der Waals surface area contributed by atoms with Crippen molar-refractivity contribution in [2.45, 2.75) is 182 Å².